The van der Waals surface area contributed by atoms with Crippen molar-refractivity contribution in [2.75, 3.05) is 13.2 Å². The van der Waals surface area contributed by atoms with Crippen molar-refractivity contribution in [3.05, 3.63) is 46.5 Å². The van der Waals surface area contributed by atoms with Crippen LogP contribution in [0.3, 0.4) is 0 Å². The van der Waals surface area contributed by atoms with Crippen molar-refractivity contribution in [3.63, 3.8) is 0 Å². The third-order valence-corrected chi connectivity index (χ3v) is 6.20. The van der Waals surface area contributed by atoms with Crippen LogP contribution in [0.1, 0.15) is 31.9 Å². The van der Waals surface area contributed by atoms with Crippen LogP contribution < -0.4 is 0 Å². The van der Waals surface area contributed by atoms with Crippen LogP contribution in [0.5, 0.6) is 0 Å². The van der Waals surface area contributed by atoms with E-state index in [0.29, 0.717) is 13.2 Å². The molecule has 4 rings (SSSR count). The highest BCUT2D eigenvalue weighted by Crippen LogP contribution is 2.53. The Balaban J connectivity index is 1.59. The van der Waals surface area contributed by atoms with Gasteiger partial charge in [0.1, 0.15) is 11.5 Å². The molecule has 2 fully saturated rings. The van der Waals surface area contributed by atoms with Gasteiger partial charge in [-0.15, -0.1) is 0 Å². The molecule has 1 spiro atoms. The second-order valence-corrected chi connectivity index (χ2v) is 8.18. The number of carbonyl (C=O) groups is 2. The minimum absolute atomic E-state index is 0.0225. The molecule has 1 amide bonds. The Morgan fingerprint density at radius 1 is 1.42 bits per heavy atom. The number of amides is 1. The molecule has 138 valence electrons. The molecule has 0 N–H and O–H groups in total. The van der Waals surface area contributed by atoms with Crippen molar-refractivity contribution in [2.24, 2.45) is 11.8 Å². The zero-order valence-corrected chi connectivity index (χ0v) is 16.4. The van der Waals surface area contributed by atoms with Gasteiger partial charge in [0.2, 0.25) is 5.91 Å². The van der Waals surface area contributed by atoms with E-state index in [2.05, 4.69) is 15.9 Å². The number of halogens is 1. The molecule has 3 aliphatic heterocycles. The van der Waals surface area contributed by atoms with Gasteiger partial charge in [0.05, 0.1) is 31.2 Å². The Kier molecular flexibility index (Phi) is 4.43. The Morgan fingerprint density at radius 2 is 2.15 bits per heavy atom. The average Bonchev–Trinajstić information content (AvgIpc) is 3.28. The molecule has 3 aliphatic rings. The SMILES string of the molecule is CCCOC(=O)[C@H]1[C@H]2C(=O)N([C@@H](C)c3ccc(Br)cc3)C[C@]23C=C[C@H]1O3. The zero-order chi connectivity index (χ0) is 18.5. The highest BCUT2D eigenvalue weighted by atomic mass is 79.9. The molecule has 0 aliphatic carbocycles. The lowest BCUT2D eigenvalue weighted by Crippen LogP contribution is -2.40. The van der Waals surface area contributed by atoms with E-state index in [9.17, 15) is 9.59 Å². The number of likely N-dealkylation sites (tertiary alicyclic amines) is 1. The van der Waals surface area contributed by atoms with E-state index in [1.807, 2.05) is 55.2 Å². The number of nitrogens with zero attached hydrogens (tertiary/aromatic N) is 1. The Labute approximate surface area is 161 Å². The number of fused-ring (bicyclic) bond motifs is 1. The fraction of sp³-hybridized carbons (Fsp3) is 0.500. The first kappa shape index (κ1) is 17.7. The first-order valence-electron chi connectivity index (χ1n) is 9.06. The standard InChI is InChI=1S/C20H22BrNO4/c1-3-10-25-19(24)16-15-8-9-20(26-15)11-22(18(23)17(16)20)12(2)13-4-6-14(21)7-5-13/h4-9,12,15-17H,3,10-11H2,1-2H3/t12-,15+,16+,17-,20+/m0/s1. The summed E-state index contributed by atoms with van der Waals surface area (Å²) < 4.78 is 12.5. The zero-order valence-electron chi connectivity index (χ0n) is 14.9. The van der Waals surface area contributed by atoms with E-state index >= 15 is 0 Å². The Morgan fingerprint density at radius 3 is 2.85 bits per heavy atom. The molecule has 2 saturated heterocycles. The maximum Gasteiger partial charge on any atom is 0.312 e. The topological polar surface area (TPSA) is 55.8 Å². The molecular formula is C20H22BrNO4. The molecule has 0 saturated carbocycles. The van der Waals surface area contributed by atoms with E-state index in [1.165, 1.54) is 0 Å². The van der Waals surface area contributed by atoms with Crippen LogP contribution in [0.4, 0.5) is 0 Å². The minimum atomic E-state index is -0.693. The number of hydrogen-bond donors (Lipinski definition) is 0. The van der Waals surface area contributed by atoms with E-state index in [0.717, 1.165) is 16.5 Å². The van der Waals surface area contributed by atoms with Gasteiger partial charge in [0.25, 0.3) is 0 Å². The van der Waals surface area contributed by atoms with Gasteiger partial charge in [-0.3, -0.25) is 9.59 Å². The molecule has 3 heterocycles. The molecule has 6 heteroatoms. The summed E-state index contributed by atoms with van der Waals surface area (Å²) in [4.78, 5) is 27.6. The van der Waals surface area contributed by atoms with Crippen molar-refractivity contribution in [1.29, 1.82) is 0 Å². The third-order valence-electron chi connectivity index (χ3n) is 5.67. The smallest absolute Gasteiger partial charge is 0.312 e. The van der Waals surface area contributed by atoms with Gasteiger partial charge in [0, 0.05) is 4.47 Å². The van der Waals surface area contributed by atoms with Crippen LogP contribution in [0.2, 0.25) is 0 Å². The van der Waals surface area contributed by atoms with Gasteiger partial charge in [-0.1, -0.05) is 47.1 Å². The third kappa shape index (κ3) is 2.62. The second-order valence-electron chi connectivity index (χ2n) is 7.26. The molecule has 0 aromatic heterocycles. The molecule has 0 radical (unpaired) electrons. The summed E-state index contributed by atoms with van der Waals surface area (Å²) in [5.74, 6) is -1.37. The molecule has 0 unspecified atom stereocenters. The molecule has 1 aromatic carbocycles. The van der Waals surface area contributed by atoms with E-state index < -0.39 is 17.4 Å². The molecule has 2 bridgehead atoms. The van der Waals surface area contributed by atoms with Crippen LogP contribution >= 0.6 is 15.9 Å². The largest absolute Gasteiger partial charge is 0.465 e. The normalized spacial score (nSPS) is 32.8. The Bertz CT molecular complexity index is 762. The van der Waals surface area contributed by atoms with Gasteiger partial charge in [-0.25, -0.2) is 0 Å². The van der Waals surface area contributed by atoms with Gasteiger partial charge in [-0.2, -0.15) is 0 Å². The summed E-state index contributed by atoms with van der Waals surface area (Å²) in [7, 11) is 0. The van der Waals surface area contributed by atoms with Gasteiger partial charge in [-0.05, 0) is 31.0 Å². The molecular weight excluding hydrogens is 398 g/mol. The predicted molar refractivity (Wildman–Crippen MR) is 99.2 cm³/mol. The molecule has 26 heavy (non-hydrogen) atoms. The van der Waals surface area contributed by atoms with Crippen LogP contribution in [0.25, 0.3) is 0 Å². The summed E-state index contributed by atoms with van der Waals surface area (Å²) in [6, 6.07) is 7.87. The van der Waals surface area contributed by atoms with Crippen LogP contribution in [-0.4, -0.2) is 41.6 Å². The van der Waals surface area contributed by atoms with E-state index in [-0.39, 0.29) is 24.0 Å². The van der Waals surface area contributed by atoms with E-state index in [1.54, 1.807) is 0 Å². The minimum Gasteiger partial charge on any atom is -0.465 e. The molecule has 1 aromatic rings. The summed E-state index contributed by atoms with van der Waals surface area (Å²) in [6.07, 6.45) is 4.29. The molecule has 5 atom stereocenters. The highest BCUT2D eigenvalue weighted by molar-refractivity contribution is 9.10. The van der Waals surface area contributed by atoms with Gasteiger partial charge in [0.15, 0.2) is 0 Å². The van der Waals surface area contributed by atoms with Gasteiger partial charge >= 0.3 is 5.97 Å². The average molecular weight is 420 g/mol. The Hall–Kier alpha value is -1.66. The lowest BCUT2D eigenvalue weighted by atomic mass is 9.77. The van der Waals surface area contributed by atoms with E-state index in [4.69, 9.17) is 9.47 Å². The van der Waals surface area contributed by atoms with Crippen molar-refractivity contribution in [2.45, 2.75) is 38.0 Å². The maximum atomic E-state index is 13.2. The summed E-state index contributed by atoms with van der Waals surface area (Å²) in [6.45, 7) is 4.81. The summed E-state index contributed by atoms with van der Waals surface area (Å²) >= 11 is 3.44. The number of rotatable bonds is 5. The quantitative estimate of drug-likeness (QED) is 0.542. The monoisotopic (exact) mass is 419 g/mol. The number of esters is 1. The first-order valence-corrected chi connectivity index (χ1v) is 9.86. The van der Waals surface area contributed by atoms with Crippen molar-refractivity contribution < 1.29 is 19.1 Å². The fourth-order valence-corrected chi connectivity index (χ4v) is 4.61. The highest BCUT2D eigenvalue weighted by Gasteiger charge is 2.67. The lowest BCUT2D eigenvalue weighted by Gasteiger charge is -2.27. The predicted octanol–water partition coefficient (Wildman–Crippen LogP) is 3.25. The fourth-order valence-electron chi connectivity index (χ4n) is 4.35. The maximum absolute atomic E-state index is 13.2. The van der Waals surface area contributed by atoms with Crippen molar-refractivity contribution in [1.82, 2.24) is 4.90 Å². The van der Waals surface area contributed by atoms with Crippen LogP contribution in [-0.2, 0) is 19.1 Å². The number of carbonyl (C=O) groups excluding carboxylic acids is 2. The van der Waals surface area contributed by atoms with Crippen LogP contribution in [0, 0.1) is 11.8 Å². The second kappa shape index (κ2) is 6.50. The number of hydrogen-bond acceptors (Lipinski definition) is 4. The number of benzene rings is 1. The van der Waals surface area contributed by atoms with Crippen LogP contribution in [0.15, 0.2) is 40.9 Å². The lowest BCUT2D eigenvalue weighted by molar-refractivity contribution is -0.154. The summed E-state index contributed by atoms with van der Waals surface area (Å²) in [5.41, 5.74) is 0.364. The summed E-state index contributed by atoms with van der Waals surface area (Å²) in [5, 5.41) is 0. The van der Waals surface area contributed by atoms with Gasteiger partial charge < -0.3 is 14.4 Å². The first-order chi connectivity index (χ1) is 12.5. The number of ether oxygens (including phenoxy) is 2. The molecule has 5 nitrogen and oxygen atoms in total. The van der Waals surface area contributed by atoms with Crippen molar-refractivity contribution >= 4 is 27.8 Å². The van der Waals surface area contributed by atoms with Crippen molar-refractivity contribution in [3.8, 4) is 0 Å².